The molecule has 2 aromatic carbocycles. The lowest BCUT2D eigenvalue weighted by atomic mass is 10.00. The molecule has 2 aromatic rings. The van der Waals surface area contributed by atoms with Gasteiger partial charge in [-0.15, -0.1) is 0 Å². The molecule has 0 saturated carbocycles. The molecule has 0 atom stereocenters. The summed E-state index contributed by atoms with van der Waals surface area (Å²) in [5, 5.41) is 2.94. The van der Waals surface area contributed by atoms with Crippen LogP contribution in [0.3, 0.4) is 0 Å². The first-order valence-electron chi connectivity index (χ1n) is 9.39. The number of rotatable bonds is 4. The van der Waals surface area contributed by atoms with Gasteiger partial charge in [0.15, 0.2) is 0 Å². The Morgan fingerprint density at radius 1 is 1.04 bits per heavy atom. The summed E-state index contributed by atoms with van der Waals surface area (Å²) < 4.78 is 13.3. The lowest BCUT2D eigenvalue weighted by Gasteiger charge is -2.32. The van der Waals surface area contributed by atoms with Crippen LogP contribution in [0.1, 0.15) is 58.9 Å². The predicted molar refractivity (Wildman–Crippen MR) is 103 cm³/mol. The van der Waals surface area contributed by atoms with E-state index in [2.05, 4.69) is 19.2 Å². The van der Waals surface area contributed by atoms with E-state index in [1.165, 1.54) is 23.8 Å². The van der Waals surface area contributed by atoms with E-state index < -0.39 is 5.82 Å². The second kappa shape index (κ2) is 8.33. The third-order valence-corrected chi connectivity index (χ3v) is 5.03. The lowest BCUT2D eigenvalue weighted by molar-refractivity contribution is 0.0698. The van der Waals surface area contributed by atoms with Crippen LogP contribution in [0.4, 0.5) is 4.39 Å². The number of amides is 2. The number of piperidine rings is 1. The van der Waals surface area contributed by atoms with Gasteiger partial charge in [-0.3, -0.25) is 9.59 Å². The number of nitrogens with zero attached hydrogens (tertiary/aromatic N) is 1. The van der Waals surface area contributed by atoms with Crippen LogP contribution in [0, 0.1) is 5.82 Å². The largest absolute Gasteiger partial charge is 0.349 e. The van der Waals surface area contributed by atoms with Crippen LogP contribution in [-0.2, 0) is 0 Å². The molecular weight excluding hydrogens is 343 g/mol. The SMILES string of the molecule is CC(C)c1ccc(C(=O)N2CCC(NC(=O)c3cccc(F)c3)CC2)cc1. The highest BCUT2D eigenvalue weighted by Gasteiger charge is 2.25. The van der Waals surface area contributed by atoms with Gasteiger partial charge in [-0.1, -0.05) is 32.0 Å². The number of nitrogens with one attached hydrogen (secondary N) is 1. The van der Waals surface area contributed by atoms with Gasteiger partial charge in [0.05, 0.1) is 0 Å². The van der Waals surface area contributed by atoms with Crippen molar-refractivity contribution < 1.29 is 14.0 Å². The average molecular weight is 368 g/mol. The molecule has 142 valence electrons. The Hall–Kier alpha value is -2.69. The second-order valence-electron chi connectivity index (χ2n) is 7.33. The van der Waals surface area contributed by atoms with Crippen LogP contribution < -0.4 is 5.32 Å². The molecule has 0 radical (unpaired) electrons. The van der Waals surface area contributed by atoms with Crippen LogP contribution >= 0.6 is 0 Å². The first-order valence-corrected chi connectivity index (χ1v) is 9.39. The summed E-state index contributed by atoms with van der Waals surface area (Å²) in [5.74, 6) is -0.234. The van der Waals surface area contributed by atoms with Crippen molar-refractivity contribution in [1.82, 2.24) is 10.2 Å². The number of carbonyl (C=O) groups excluding carboxylic acids is 2. The zero-order valence-electron chi connectivity index (χ0n) is 15.7. The molecule has 0 bridgehead atoms. The van der Waals surface area contributed by atoms with E-state index in [-0.39, 0.29) is 17.9 Å². The van der Waals surface area contributed by atoms with E-state index in [4.69, 9.17) is 0 Å². The number of benzene rings is 2. The van der Waals surface area contributed by atoms with Gasteiger partial charge in [0.2, 0.25) is 0 Å². The first-order chi connectivity index (χ1) is 12.9. The number of halogens is 1. The lowest BCUT2D eigenvalue weighted by Crippen LogP contribution is -2.46. The van der Waals surface area contributed by atoms with Crippen molar-refractivity contribution in [2.75, 3.05) is 13.1 Å². The summed E-state index contributed by atoms with van der Waals surface area (Å²) >= 11 is 0. The Morgan fingerprint density at radius 2 is 1.70 bits per heavy atom. The van der Waals surface area contributed by atoms with E-state index in [1.54, 1.807) is 6.07 Å². The molecule has 0 aliphatic carbocycles. The molecule has 1 aliphatic heterocycles. The molecule has 1 heterocycles. The van der Waals surface area contributed by atoms with Crippen LogP contribution in [0.5, 0.6) is 0 Å². The maximum Gasteiger partial charge on any atom is 0.253 e. The van der Waals surface area contributed by atoms with Crippen LogP contribution in [0.25, 0.3) is 0 Å². The zero-order valence-corrected chi connectivity index (χ0v) is 15.7. The summed E-state index contributed by atoms with van der Waals surface area (Å²) in [5.41, 5.74) is 2.23. The minimum absolute atomic E-state index is 0.00636. The third-order valence-electron chi connectivity index (χ3n) is 5.03. The number of likely N-dealkylation sites (tertiary alicyclic amines) is 1. The van der Waals surface area contributed by atoms with Gasteiger partial charge in [0, 0.05) is 30.3 Å². The van der Waals surface area contributed by atoms with Gasteiger partial charge in [-0.2, -0.15) is 0 Å². The summed E-state index contributed by atoms with van der Waals surface area (Å²) in [7, 11) is 0. The van der Waals surface area contributed by atoms with Gasteiger partial charge in [-0.25, -0.2) is 4.39 Å². The van der Waals surface area contributed by atoms with Gasteiger partial charge >= 0.3 is 0 Å². The highest BCUT2D eigenvalue weighted by atomic mass is 19.1. The Balaban J connectivity index is 1.53. The standard InChI is InChI=1S/C22H25FN2O2/c1-15(2)16-6-8-17(9-7-16)22(27)25-12-10-20(11-13-25)24-21(26)18-4-3-5-19(23)14-18/h3-9,14-15,20H,10-13H2,1-2H3,(H,24,26). The normalized spacial score (nSPS) is 15.0. The molecule has 0 spiro atoms. The minimum Gasteiger partial charge on any atom is -0.349 e. The van der Waals surface area contributed by atoms with Crippen LogP contribution in [-0.4, -0.2) is 35.8 Å². The van der Waals surface area contributed by atoms with Gasteiger partial charge < -0.3 is 10.2 Å². The Kier molecular flexibility index (Phi) is 5.89. The van der Waals surface area contributed by atoms with Crippen LogP contribution in [0.15, 0.2) is 48.5 Å². The molecule has 2 amide bonds. The van der Waals surface area contributed by atoms with E-state index in [0.29, 0.717) is 43.0 Å². The van der Waals surface area contributed by atoms with Crippen LogP contribution in [0.2, 0.25) is 0 Å². The van der Waals surface area contributed by atoms with Crippen molar-refractivity contribution in [3.8, 4) is 0 Å². The van der Waals surface area contributed by atoms with Crippen molar-refractivity contribution in [2.24, 2.45) is 0 Å². The summed E-state index contributed by atoms with van der Waals surface area (Å²) in [6.45, 7) is 5.44. The molecule has 0 unspecified atom stereocenters. The smallest absolute Gasteiger partial charge is 0.253 e. The number of carbonyl (C=O) groups is 2. The highest BCUT2D eigenvalue weighted by molar-refractivity contribution is 5.95. The van der Waals surface area contributed by atoms with E-state index in [1.807, 2.05) is 29.2 Å². The summed E-state index contributed by atoms with van der Waals surface area (Å²) in [4.78, 5) is 26.7. The predicted octanol–water partition coefficient (Wildman–Crippen LogP) is 3.98. The van der Waals surface area contributed by atoms with Crippen molar-refractivity contribution >= 4 is 11.8 Å². The average Bonchev–Trinajstić information content (AvgIpc) is 2.68. The molecule has 1 N–H and O–H groups in total. The Bertz CT molecular complexity index is 809. The Labute approximate surface area is 159 Å². The van der Waals surface area contributed by atoms with Gasteiger partial charge in [0.1, 0.15) is 5.82 Å². The van der Waals surface area contributed by atoms with E-state index in [0.717, 1.165) is 0 Å². The quantitative estimate of drug-likeness (QED) is 0.887. The van der Waals surface area contributed by atoms with Crippen molar-refractivity contribution in [2.45, 2.75) is 38.6 Å². The topological polar surface area (TPSA) is 49.4 Å². The third kappa shape index (κ3) is 4.73. The van der Waals surface area contributed by atoms with Crippen molar-refractivity contribution in [3.05, 3.63) is 71.0 Å². The highest BCUT2D eigenvalue weighted by Crippen LogP contribution is 2.18. The monoisotopic (exact) mass is 368 g/mol. The fourth-order valence-electron chi connectivity index (χ4n) is 3.32. The molecule has 1 aliphatic rings. The fraction of sp³-hybridized carbons (Fsp3) is 0.364. The number of hydrogen-bond donors (Lipinski definition) is 1. The maximum atomic E-state index is 13.3. The minimum atomic E-state index is -0.424. The second-order valence-corrected chi connectivity index (χ2v) is 7.33. The van der Waals surface area contributed by atoms with Crippen molar-refractivity contribution in [3.63, 3.8) is 0 Å². The Morgan fingerprint density at radius 3 is 2.30 bits per heavy atom. The molecule has 0 aromatic heterocycles. The van der Waals surface area contributed by atoms with Gasteiger partial charge in [0.25, 0.3) is 11.8 Å². The molecule has 27 heavy (non-hydrogen) atoms. The molecular formula is C22H25FN2O2. The molecule has 3 rings (SSSR count). The molecule has 4 nitrogen and oxygen atoms in total. The molecule has 1 fully saturated rings. The first kappa shape index (κ1) is 19.1. The van der Waals surface area contributed by atoms with Gasteiger partial charge in [-0.05, 0) is 54.7 Å². The van der Waals surface area contributed by atoms with E-state index >= 15 is 0 Å². The van der Waals surface area contributed by atoms with Crippen molar-refractivity contribution in [1.29, 1.82) is 0 Å². The summed E-state index contributed by atoms with van der Waals surface area (Å²) in [6, 6.07) is 13.4. The maximum absolute atomic E-state index is 13.3. The summed E-state index contributed by atoms with van der Waals surface area (Å²) in [6.07, 6.45) is 1.38. The molecule has 1 saturated heterocycles. The molecule has 5 heteroatoms. The fourth-order valence-corrected chi connectivity index (χ4v) is 3.32. The van der Waals surface area contributed by atoms with E-state index in [9.17, 15) is 14.0 Å². The number of hydrogen-bond acceptors (Lipinski definition) is 2. The zero-order chi connectivity index (χ0) is 19.4.